The topological polar surface area (TPSA) is 120 Å². The molecule has 0 aliphatic heterocycles. The summed E-state index contributed by atoms with van der Waals surface area (Å²) in [5.74, 6) is 0.810. The van der Waals surface area contributed by atoms with Crippen LogP contribution in [0.5, 0.6) is 0 Å². The van der Waals surface area contributed by atoms with Gasteiger partial charge in [0.25, 0.3) is 0 Å². The molecule has 0 unspecified atom stereocenters. The first-order valence-corrected chi connectivity index (χ1v) is 11.8. The number of hydrogen-bond acceptors (Lipinski definition) is 9. The van der Waals surface area contributed by atoms with Crippen LogP contribution in [-0.4, -0.2) is 44.0 Å². The number of aryl methyl sites for hydroxylation is 1. The number of rotatable bonds is 6. The molecule has 4 aromatic heterocycles. The fourth-order valence-electron chi connectivity index (χ4n) is 3.32. The average molecular weight is 495 g/mol. The van der Waals surface area contributed by atoms with Gasteiger partial charge in [0.1, 0.15) is 22.8 Å². The van der Waals surface area contributed by atoms with Gasteiger partial charge in [0, 0.05) is 30.4 Å². The predicted molar refractivity (Wildman–Crippen MR) is 135 cm³/mol. The minimum atomic E-state index is -0.612. The third kappa shape index (κ3) is 5.75. The van der Waals surface area contributed by atoms with Gasteiger partial charge < -0.3 is 14.8 Å². The van der Waals surface area contributed by atoms with Gasteiger partial charge in [0.05, 0.1) is 16.8 Å². The van der Waals surface area contributed by atoms with Crippen molar-refractivity contribution >= 4 is 51.1 Å². The van der Waals surface area contributed by atoms with E-state index in [1.165, 1.54) is 0 Å². The number of pyridine rings is 2. The van der Waals surface area contributed by atoms with Gasteiger partial charge in [-0.15, -0.1) is 11.3 Å². The van der Waals surface area contributed by atoms with E-state index < -0.39 is 17.7 Å². The molecule has 0 bridgehead atoms. The molecule has 0 spiro atoms. The molecule has 0 aliphatic carbocycles. The van der Waals surface area contributed by atoms with Gasteiger partial charge in [-0.25, -0.2) is 19.6 Å². The third-order valence-corrected chi connectivity index (χ3v) is 5.62. The van der Waals surface area contributed by atoms with Crippen LogP contribution < -0.4 is 10.6 Å². The van der Waals surface area contributed by atoms with Crippen molar-refractivity contribution in [1.82, 2.24) is 19.7 Å². The maximum atomic E-state index is 12.3. The van der Waals surface area contributed by atoms with E-state index in [0.29, 0.717) is 23.0 Å². The zero-order valence-corrected chi connectivity index (χ0v) is 20.9. The van der Waals surface area contributed by atoms with Crippen molar-refractivity contribution in [3.63, 3.8) is 0 Å². The molecular formula is C24H26N6O4S. The van der Waals surface area contributed by atoms with Crippen LogP contribution in [0, 0.1) is 0 Å². The molecule has 0 saturated carbocycles. The lowest BCUT2D eigenvalue weighted by Crippen LogP contribution is -2.27. The summed E-state index contributed by atoms with van der Waals surface area (Å²) in [6.45, 7) is 7.42. The Morgan fingerprint density at radius 3 is 2.71 bits per heavy atom. The molecule has 182 valence electrons. The predicted octanol–water partition coefficient (Wildman–Crippen LogP) is 5.36. The van der Waals surface area contributed by atoms with E-state index in [4.69, 9.17) is 14.5 Å². The van der Waals surface area contributed by atoms with Crippen LogP contribution in [0.2, 0.25) is 0 Å². The first-order chi connectivity index (χ1) is 16.6. The number of carbonyl (C=O) groups is 2. The standard InChI is InChI=1S/C24H26N6O4S/c1-6-33-22(31)15-12-30(5)29-21(15)27-18-8-7-17-20(26-18)16(13-35-17)14-9-10-25-19(11-14)28-23(32)34-24(2,3)4/h7-13H,6H2,1-5H3,(H,25,28,32)(H,26,27,29). The second kappa shape index (κ2) is 9.71. The number of esters is 1. The monoisotopic (exact) mass is 494 g/mol. The molecule has 0 atom stereocenters. The van der Waals surface area contributed by atoms with E-state index >= 15 is 0 Å². The van der Waals surface area contributed by atoms with Crippen LogP contribution in [0.1, 0.15) is 38.1 Å². The Morgan fingerprint density at radius 1 is 1.17 bits per heavy atom. The molecule has 11 heteroatoms. The first-order valence-electron chi connectivity index (χ1n) is 11.0. The van der Waals surface area contributed by atoms with Crippen molar-refractivity contribution in [3.05, 3.63) is 47.6 Å². The van der Waals surface area contributed by atoms with Crippen LogP contribution in [0.3, 0.4) is 0 Å². The highest BCUT2D eigenvalue weighted by atomic mass is 32.1. The quantitative estimate of drug-likeness (QED) is 0.344. The van der Waals surface area contributed by atoms with Crippen molar-refractivity contribution in [2.24, 2.45) is 7.05 Å². The van der Waals surface area contributed by atoms with E-state index in [2.05, 4.69) is 20.7 Å². The summed E-state index contributed by atoms with van der Waals surface area (Å²) in [5.41, 5.74) is 2.21. The lowest BCUT2D eigenvalue weighted by atomic mass is 10.1. The SMILES string of the molecule is CCOC(=O)c1cn(C)nc1Nc1ccc2scc(-c3ccnc(NC(=O)OC(C)(C)C)c3)c2n1. The minimum Gasteiger partial charge on any atom is -0.462 e. The third-order valence-electron chi connectivity index (χ3n) is 4.69. The molecule has 0 aliphatic rings. The molecule has 10 nitrogen and oxygen atoms in total. The Balaban J connectivity index is 1.62. The van der Waals surface area contributed by atoms with Crippen molar-refractivity contribution in [1.29, 1.82) is 0 Å². The van der Waals surface area contributed by atoms with E-state index in [1.807, 2.05) is 23.6 Å². The van der Waals surface area contributed by atoms with Gasteiger partial charge in [0.2, 0.25) is 0 Å². The first kappa shape index (κ1) is 24.1. The number of nitrogens with one attached hydrogen (secondary N) is 2. The van der Waals surface area contributed by atoms with E-state index in [0.717, 1.165) is 21.3 Å². The zero-order chi connectivity index (χ0) is 25.2. The molecule has 0 fully saturated rings. The van der Waals surface area contributed by atoms with Gasteiger partial charge in [-0.3, -0.25) is 10.00 Å². The Hall–Kier alpha value is -3.99. The number of ether oxygens (including phenoxy) is 2. The van der Waals surface area contributed by atoms with Gasteiger partial charge >= 0.3 is 12.1 Å². The van der Waals surface area contributed by atoms with Crippen molar-refractivity contribution < 1.29 is 19.1 Å². The Labute approximate surface area is 206 Å². The molecular weight excluding hydrogens is 468 g/mol. The Kier molecular flexibility index (Phi) is 6.70. The van der Waals surface area contributed by atoms with Crippen molar-refractivity contribution in [2.75, 3.05) is 17.2 Å². The molecule has 0 radical (unpaired) electrons. The number of hydrogen-bond donors (Lipinski definition) is 2. The maximum Gasteiger partial charge on any atom is 0.413 e. The molecule has 0 saturated heterocycles. The summed E-state index contributed by atoms with van der Waals surface area (Å²) in [6, 6.07) is 7.40. The molecule has 2 N–H and O–H groups in total. The van der Waals surface area contributed by atoms with Crippen LogP contribution in [0.4, 0.5) is 22.2 Å². The average Bonchev–Trinajstić information content (AvgIpc) is 3.35. The highest BCUT2D eigenvalue weighted by molar-refractivity contribution is 7.17. The fraction of sp³-hybridized carbons (Fsp3) is 0.292. The smallest absolute Gasteiger partial charge is 0.413 e. The summed E-state index contributed by atoms with van der Waals surface area (Å²) in [7, 11) is 1.73. The molecule has 4 aromatic rings. The van der Waals surface area contributed by atoms with Crippen LogP contribution >= 0.6 is 11.3 Å². The number of fused-ring (bicyclic) bond motifs is 1. The van der Waals surface area contributed by atoms with E-state index in [9.17, 15) is 9.59 Å². The Bertz CT molecular complexity index is 1390. The van der Waals surface area contributed by atoms with Gasteiger partial charge in [-0.05, 0) is 57.5 Å². The molecule has 4 heterocycles. The van der Waals surface area contributed by atoms with Crippen molar-refractivity contribution in [2.45, 2.75) is 33.3 Å². The lowest BCUT2D eigenvalue weighted by molar-refractivity contribution is 0.0526. The van der Waals surface area contributed by atoms with Gasteiger partial charge in [-0.2, -0.15) is 5.10 Å². The molecule has 35 heavy (non-hydrogen) atoms. The summed E-state index contributed by atoms with van der Waals surface area (Å²) in [5, 5.41) is 12.1. The lowest BCUT2D eigenvalue weighted by Gasteiger charge is -2.19. The number of anilines is 3. The molecule has 0 aromatic carbocycles. The highest BCUT2D eigenvalue weighted by Crippen LogP contribution is 2.34. The van der Waals surface area contributed by atoms with Crippen molar-refractivity contribution in [3.8, 4) is 11.1 Å². The largest absolute Gasteiger partial charge is 0.462 e. The number of aromatic nitrogens is 4. The fourth-order valence-corrected chi connectivity index (χ4v) is 4.23. The van der Waals surface area contributed by atoms with E-state index in [-0.39, 0.29) is 6.61 Å². The summed E-state index contributed by atoms with van der Waals surface area (Å²) in [4.78, 5) is 33.4. The van der Waals surface area contributed by atoms with Gasteiger partial charge in [-0.1, -0.05) is 0 Å². The maximum absolute atomic E-state index is 12.3. The minimum absolute atomic E-state index is 0.270. The summed E-state index contributed by atoms with van der Waals surface area (Å²) >= 11 is 1.55. The Morgan fingerprint density at radius 2 is 1.97 bits per heavy atom. The van der Waals surface area contributed by atoms with Crippen LogP contribution in [0.25, 0.3) is 21.3 Å². The second-order valence-corrected chi connectivity index (χ2v) is 9.57. The van der Waals surface area contributed by atoms with Gasteiger partial charge in [0.15, 0.2) is 5.82 Å². The number of thiophene rings is 1. The zero-order valence-electron chi connectivity index (χ0n) is 20.1. The number of carbonyl (C=O) groups excluding carboxylic acids is 2. The van der Waals surface area contributed by atoms with Crippen LogP contribution in [0.15, 0.2) is 42.0 Å². The second-order valence-electron chi connectivity index (χ2n) is 8.66. The highest BCUT2D eigenvalue weighted by Gasteiger charge is 2.19. The normalized spacial score (nSPS) is 11.3. The summed E-state index contributed by atoms with van der Waals surface area (Å²) < 4.78 is 13.0. The molecule has 4 rings (SSSR count). The number of amides is 1. The summed E-state index contributed by atoms with van der Waals surface area (Å²) in [6.07, 6.45) is 2.65. The number of nitrogens with zero attached hydrogens (tertiary/aromatic N) is 4. The van der Waals surface area contributed by atoms with Crippen LogP contribution in [-0.2, 0) is 16.5 Å². The van der Waals surface area contributed by atoms with E-state index in [1.54, 1.807) is 69.2 Å². The molecule has 1 amide bonds.